The lowest BCUT2D eigenvalue weighted by Crippen LogP contribution is -2.37. The Balaban J connectivity index is 2.86. The smallest absolute Gasteiger partial charge is 0.328 e. The molecule has 21 heavy (non-hydrogen) atoms. The quantitative estimate of drug-likeness (QED) is 0.709. The second-order valence-electron chi connectivity index (χ2n) is 4.42. The molecule has 1 atom stereocenters. The topological polar surface area (TPSA) is 92.7 Å². The van der Waals surface area contributed by atoms with Gasteiger partial charge >= 0.3 is 5.97 Å². The molecule has 0 saturated heterocycles. The van der Waals surface area contributed by atoms with Gasteiger partial charge in [-0.05, 0) is 30.2 Å². The number of nitrogens with one attached hydrogen (secondary N) is 1. The number of carboxylic acids is 1. The van der Waals surface area contributed by atoms with Crippen LogP contribution in [0.4, 0.5) is 0 Å². The Morgan fingerprint density at radius 3 is 2.48 bits per heavy atom. The van der Waals surface area contributed by atoms with Crippen LogP contribution in [0.25, 0.3) is 6.08 Å². The van der Waals surface area contributed by atoms with Crippen LogP contribution in [0.3, 0.4) is 0 Å². The van der Waals surface area contributed by atoms with Crippen molar-refractivity contribution in [1.82, 2.24) is 4.72 Å². The van der Waals surface area contributed by atoms with Crippen LogP contribution in [0.5, 0.6) is 0 Å². The standard InChI is InChI=1S/C14H19NO5S/c1-3-12(10-20-2)15-21(18,19)13-7-4-11(5-8-13)6-9-14(16)17/h4-9,12,15H,3,10H2,1-2H3,(H,16,17). The zero-order chi connectivity index (χ0) is 15.9. The van der Waals surface area contributed by atoms with Crippen molar-refractivity contribution in [2.24, 2.45) is 0 Å². The molecule has 1 rings (SSSR count). The van der Waals surface area contributed by atoms with Crippen molar-refractivity contribution in [2.45, 2.75) is 24.3 Å². The van der Waals surface area contributed by atoms with Gasteiger partial charge in [0, 0.05) is 19.2 Å². The summed E-state index contributed by atoms with van der Waals surface area (Å²) in [5, 5.41) is 8.53. The molecule has 0 amide bonds. The first-order valence-corrected chi connectivity index (χ1v) is 7.89. The van der Waals surface area contributed by atoms with Crippen molar-refractivity contribution in [3.63, 3.8) is 0 Å². The van der Waals surface area contributed by atoms with E-state index in [9.17, 15) is 13.2 Å². The molecule has 0 radical (unpaired) electrons. The van der Waals surface area contributed by atoms with Crippen LogP contribution in [-0.4, -0.2) is 39.3 Å². The van der Waals surface area contributed by atoms with E-state index in [4.69, 9.17) is 9.84 Å². The van der Waals surface area contributed by atoms with E-state index in [1.54, 1.807) is 12.1 Å². The molecule has 0 saturated carbocycles. The molecular weight excluding hydrogens is 294 g/mol. The number of aliphatic carboxylic acids is 1. The van der Waals surface area contributed by atoms with E-state index >= 15 is 0 Å². The number of carboxylic acid groups (broad SMARTS) is 1. The molecule has 1 unspecified atom stereocenters. The Kier molecular flexibility index (Phi) is 6.54. The first-order chi connectivity index (χ1) is 9.89. The molecule has 0 spiro atoms. The van der Waals surface area contributed by atoms with Crippen molar-refractivity contribution in [1.29, 1.82) is 0 Å². The van der Waals surface area contributed by atoms with E-state index < -0.39 is 16.0 Å². The van der Waals surface area contributed by atoms with Gasteiger partial charge in [-0.3, -0.25) is 0 Å². The van der Waals surface area contributed by atoms with Crippen LogP contribution in [0.1, 0.15) is 18.9 Å². The second-order valence-corrected chi connectivity index (χ2v) is 6.14. The van der Waals surface area contributed by atoms with E-state index in [0.717, 1.165) is 6.08 Å². The first-order valence-electron chi connectivity index (χ1n) is 6.41. The Morgan fingerprint density at radius 2 is 2.00 bits per heavy atom. The molecule has 1 aromatic carbocycles. The molecule has 0 bridgehead atoms. The lowest BCUT2D eigenvalue weighted by Gasteiger charge is -2.16. The van der Waals surface area contributed by atoms with Crippen LogP contribution < -0.4 is 4.72 Å². The van der Waals surface area contributed by atoms with Gasteiger partial charge in [0.15, 0.2) is 0 Å². The highest BCUT2D eigenvalue weighted by Crippen LogP contribution is 2.12. The summed E-state index contributed by atoms with van der Waals surface area (Å²) in [6.45, 7) is 2.17. The highest BCUT2D eigenvalue weighted by atomic mass is 32.2. The third kappa shape index (κ3) is 5.66. The molecule has 116 valence electrons. The molecule has 1 aromatic rings. The summed E-state index contributed by atoms with van der Waals surface area (Å²) in [5.41, 5.74) is 0.611. The highest BCUT2D eigenvalue weighted by Gasteiger charge is 2.18. The lowest BCUT2D eigenvalue weighted by atomic mass is 10.2. The van der Waals surface area contributed by atoms with Crippen LogP contribution >= 0.6 is 0 Å². The van der Waals surface area contributed by atoms with Gasteiger partial charge in [0.05, 0.1) is 11.5 Å². The van der Waals surface area contributed by atoms with Crippen molar-refractivity contribution in [3.8, 4) is 0 Å². The summed E-state index contributed by atoms with van der Waals surface area (Å²) < 4.78 is 31.9. The maximum Gasteiger partial charge on any atom is 0.328 e. The van der Waals surface area contributed by atoms with Gasteiger partial charge in [-0.25, -0.2) is 17.9 Å². The van der Waals surface area contributed by atoms with Crippen molar-refractivity contribution in [3.05, 3.63) is 35.9 Å². The Bertz CT molecular complexity index is 592. The molecule has 6 nitrogen and oxygen atoms in total. The molecule has 7 heteroatoms. The van der Waals surface area contributed by atoms with Gasteiger partial charge in [-0.1, -0.05) is 19.1 Å². The third-order valence-corrected chi connectivity index (χ3v) is 4.33. The fourth-order valence-electron chi connectivity index (χ4n) is 1.65. The average Bonchev–Trinajstić information content (AvgIpc) is 2.45. The number of sulfonamides is 1. The predicted octanol–water partition coefficient (Wildman–Crippen LogP) is 1.49. The van der Waals surface area contributed by atoms with E-state index in [-0.39, 0.29) is 10.9 Å². The zero-order valence-corrected chi connectivity index (χ0v) is 12.8. The van der Waals surface area contributed by atoms with Gasteiger partial charge in [0.25, 0.3) is 0 Å². The number of benzene rings is 1. The predicted molar refractivity (Wildman–Crippen MR) is 79.4 cm³/mol. The molecule has 2 N–H and O–H groups in total. The molecule has 0 aromatic heterocycles. The normalized spacial score (nSPS) is 13.4. The van der Waals surface area contributed by atoms with Crippen molar-refractivity contribution >= 4 is 22.1 Å². The van der Waals surface area contributed by atoms with Gasteiger partial charge in [-0.2, -0.15) is 0 Å². The highest BCUT2D eigenvalue weighted by molar-refractivity contribution is 7.89. The number of ether oxygens (including phenoxy) is 1. The maximum atomic E-state index is 12.2. The first kappa shape index (κ1) is 17.4. The van der Waals surface area contributed by atoms with Crippen LogP contribution in [-0.2, 0) is 19.6 Å². The minimum absolute atomic E-state index is 0.129. The lowest BCUT2D eigenvalue weighted by molar-refractivity contribution is -0.131. The van der Waals surface area contributed by atoms with Gasteiger partial charge in [0.2, 0.25) is 10.0 Å². The van der Waals surface area contributed by atoms with Gasteiger partial charge in [0.1, 0.15) is 0 Å². The van der Waals surface area contributed by atoms with E-state index in [2.05, 4.69) is 4.72 Å². The molecular formula is C14H19NO5S. The fraction of sp³-hybridized carbons (Fsp3) is 0.357. The minimum atomic E-state index is -3.61. The van der Waals surface area contributed by atoms with E-state index in [1.165, 1.54) is 25.3 Å². The molecule has 0 aliphatic rings. The Morgan fingerprint density at radius 1 is 1.38 bits per heavy atom. The Labute approximate surface area is 124 Å². The van der Waals surface area contributed by atoms with E-state index in [1.807, 2.05) is 6.92 Å². The summed E-state index contributed by atoms with van der Waals surface area (Å²) in [6, 6.07) is 5.68. The average molecular weight is 313 g/mol. The van der Waals surface area contributed by atoms with Crippen molar-refractivity contribution in [2.75, 3.05) is 13.7 Å². The van der Waals surface area contributed by atoms with Crippen LogP contribution in [0, 0.1) is 0 Å². The molecule has 0 aliphatic carbocycles. The minimum Gasteiger partial charge on any atom is -0.478 e. The fourth-order valence-corrected chi connectivity index (χ4v) is 2.95. The van der Waals surface area contributed by atoms with E-state index in [0.29, 0.717) is 18.6 Å². The van der Waals surface area contributed by atoms with Crippen LogP contribution in [0.2, 0.25) is 0 Å². The third-order valence-electron chi connectivity index (χ3n) is 2.79. The second kappa shape index (κ2) is 7.92. The summed E-state index contributed by atoms with van der Waals surface area (Å²) in [7, 11) is -2.10. The molecule has 0 aliphatic heterocycles. The summed E-state index contributed by atoms with van der Waals surface area (Å²) in [5.74, 6) is -1.06. The summed E-state index contributed by atoms with van der Waals surface area (Å²) in [6.07, 6.45) is 3.01. The summed E-state index contributed by atoms with van der Waals surface area (Å²) in [4.78, 5) is 10.5. The van der Waals surface area contributed by atoms with Crippen molar-refractivity contribution < 1.29 is 23.1 Å². The van der Waals surface area contributed by atoms with Gasteiger partial charge < -0.3 is 9.84 Å². The molecule has 0 fully saturated rings. The maximum absolute atomic E-state index is 12.2. The van der Waals surface area contributed by atoms with Crippen LogP contribution in [0.15, 0.2) is 35.2 Å². The number of rotatable bonds is 8. The largest absolute Gasteiger partial charge is 0.478 e. The SMILES string of the molecule is CCC(COC)NS(=O)(=O)c1ccc(C=CC(=O)O)cc1. The Hall–Kier alpha value is -1.70. The summed E-state index contributed by atoms with van der Waals surface area (Å²) >= 11 is 0. The number of hydrogen-bond donors (Lipinski definition) is 2. The molecule has 0 heterocycles. The number of carbonyl (C=O) groups is 1. The number of hydrogen-bond acceptors (Lipinski definition) is 4. The number of methoxy groups -OCH3 is 1. The monoisotopic (exact) mass is 313 g/mol. The zero-order valence-electron chi connectivity index (χ0n) is 11.9. The van der Waals surface area contributed by atoms with Gasteiger partial charge in [-0.15, -0.1) is 0 Å².